The lowest BCUT2D eigenvalue weighted by Gasteiger charge is -2.18. The first kappa shape index (κ1) is 19.5. The lowest BCUT2D eigenvalue weighted by atomic mass is 10.1. The SMILES string of the molecule is CCc1ccc(OCC(=O)N(C)CC(=O)Nc2cc(C)ccc2C)cc1. The maximum absolute atomic E-state index is 12.2. The van der Waals surface area contributed by atoms with Crippen LogP contribution in [-0.4, -0.2) is 36.9 Å². The van der Waals surface area contributed by atoms with E-state index in [0.717, 1.165) is 23.2 Å². The van der Waals surface area contributed by atoms with E-state index >= 15 is 0 Å². The second kappa shape index (κ2) is 9.04. The number of hydrogen-bond acceptors (Lipinski definition) is 3. The molecule has 2 aromatic carbocycles. The highest BCUT2D eigenvalue weighted by Crippen LogP contribution is 2.16. The van der Waals surface area contributed by atoms with Gasteiger partial charge in [0.15, 0.2) is 6.61 Å². The van der Waals surface area contributed by atoms with Gasteiger partial charge in [-0.15, -0.1) is 0 Å². The Hall–Kier alpha value is -2.82. The van der Waals surface area contributed by atoms with Crippen LogP contribution in [-0.2, 0) is 16.0 Å². The molecule has 5 nitrogen and oxygen atoms in total. The molecule has 0 saturated heterocycles. The van der Waals surface area contributed by atoms with Gasteiger partial charge in [-0.05, 0) is 55.2 Å². The van der Waals surface area contributed by atoms with Gasteiger partial charge >= 0.3 is 0 Å². The van der Waals surface area contributed by atoms with Crippen molar-refractivity contribution in [1.29, 1.82) is 0 Å². The molecule has 0 fully saturated rings. The van der Waals surface area contributed by atoms with Crippen molar-refractivity contribution in [3.63, 3.8) is 0 Å². The number of rotatable bonds is 7. The van der Waals surface area contributed by atoms with Crippen LogP contribution in [0.3, 0.4) is 0 Å². The number of benzene rings is 2. The highest BCUT2D eigenvalue weighted by atomic mass is 16.5. The molecule has 2 aromatic rings. The third kappa shape index (κ3) is 5.62. The summed E-state index contributed by atoms with van der Waals surface area (Å²) in [6, 6.07) is 13.5. The second-order valence-corrected chi connectivity index (χ2v) is 6.40. The summed E-state index contributed by atoms with van der Waals surface area (Å²) in [4.78, 5) is 25.7. The number of ether oxygens (including phenoxy) is 1. The number of amides is 2. The zero-order valence-electron chi connectivity index (χ0n) is 15.8. The number of anilines is 1. The summed E-state index contributed by atoms with van der Waals surface area (Å²) >= 11 is 0. The zero-order valence-corrected chi connectivity index (χ0v) is 15.8. The lowest BCUT2D eigenvalue weighted by molar-refractivity contribution is -0.135. The van der Waals surface area contributed by atoms with E-state index in [-0.39, 0.29) is 25.0 Å². The van der Waals surface area contributed by atoms with Crippen LogP contribution in [0.1, 0.15) is 23.6 Å². The molecule has 138 valence electrons. The standard InChI is InChI=1S/C21H26N2O3/c1-5-17-8-10-18(11-9-17)26-14-21(25)23(4)13-20(24)22-19-12-15(2)6-7-16(19)3/h6-12H,5,13-14H2,1-4H3,(H,22,24). The summed E-state index contributed by atoms with van der Waals surface area (Å²) in [7, 11) is 1.59. The monoisotopic (exact) mass is 354 g/mol. The van der Waals surface area contributed by atoms with Gasteiger partial charge in [0.25, 0.3) is 5.91 Å². The number of carbonyl (C=O) groups excluding carboxylic acids is 2. The van der Waals surface area contributed by atoms with Crippen molar-refractivity contribution >= 4 is 17.5 Å². The molecule has 0 heterocycles. The van der Waals surface area contributed by atoms with Crippen molar-refractivity contribution in [2.24, 2.45) is 0 Å². The summed E-state index contributed by atoms with van der Waals surface area (Å²) in [5.74, 6) is 0.159. The summed E-state index contributed by atoms with van der Waals surface area (Å²) in [6.07, 6.45) is 0.956. The Kier molecular flexibility index (Phi) is 6.78. The molecule has 5 heteroatoms. The highest BCUT2D eigenvalue weighted by Gasteiger charge is 2.14. The van der Waals surface area contributed by atoms with E-state index in [1.165, 1.54) is 10.5 Å². The van der Waals surface area contributed by atoms with E-state index in [4.69, 9.17) is 4.74 Å². The molecule has 0 spiro atoms. The largest absolute Gasteiger partial charge is 0.484 e. The highest BCUT2D eigenvalue weighted by molar-refractivity contribution is 5.95. The molecule has 0 aliphatic rings. The number of hydrogen-bond donors (Lipinski definition) is 1. The topological polar surface area (TPSA) is 58.6 Å². The Balaban J connectivity index is 1.83. The molecule has 0 atom stereocenters. The number of carbonyl (C=O) groups is 2. The molecule has 2 rings (SSSR count). The summed E-state index contributed by atoms with van der Waals surface area (Å²) < 4.78 is 5.50. The van der Waals surface area contributed by atoms with Gasteiger partial charge in [0.1, 0.15) is 5.75 Å². The minimum Gasteiger partial charge on any atom is -0.484 e. The number of nitrogens with zero attached hydrogens (tertiary/aromatic N) is 1. The van der Waals surface area contributed by atoms with E-state index < -0.39 is 0 Å². The average molecular weight is 354 g/mol. The molecule has 0 radical (unpaired) electrons. The van der Waals surface area contributed by atoms with E-state index in [9.17, 15) is 9.59 Å². The Morgan fingerprint density at radius 2 is 1.77 bits per heavy atom. The lowest BCUT2D eigenvalue weighted by Crippen LogP contribution is -2.37. The maximum Gasteiger partial charge on any atom is 0.260 e. The third-order valence-electron chi connectivity index (χ3n) is 4.17. The van der Waals surface area contributed by atoms with Gasteiger partial charge in [-0.1, -0.05) is 31.2 Å². The van der Waals surface area contributed by atoms with Gasteiger partial charge < -0.3 is 15.0 Å². The van der Waals surface area contributed by atoms with Crippen LogP contribution in [0, 0.1) is 13.8 Å². The zero-order chi connectivity index (χ0) is 19.1. The quantitative estimate of drug-likeness (QED) is 0.830. The fraction of sp³-hybridized carbons (Fsp3) is 0.333. The molecule has 0 bridgehead atoms. The first-order valence-corrected chi connectivity index (χ1v) is 8.72. The summed E-state index contributed by atoms with van der Waals surface area (Å²) in [5, 5.41) is 2.85. The van der Waals surface area contributed by atoms with Crippen LogP contribution in [0.2, 0.25) is 0 Å². The first-order valence-electron chi connectivity index (χ1n) is 8.72. The van der Waals surface area contributed by atoms with Crippen LogP contribution in [0.5, 0.6) is 5.75 Å². The van der Waals surface area contributed by atoms with E-state index in [1.807, 2.05) is 56.3 Å². The molecule has 0 aliphatic heterocycles. The molecular formula is C21H26N2O3. The Labute approximate surface area is 155 Å². The van der Waals surface area contributed by atoms with Crippen molar-refractivity contribution in [2.45, 2.75) is 27.2 Å². The predicted octanol–water partition coefficient (Wildman–Crippen LogP) is 3.34. The third-order valence-corrected chi connectivity index (χ3v) is 4.17. The van der Waals surface area contributed by atoms with E-state index in [0.29, 0.717) is 5.75 Å². The van der Waals surface area contributed by atoms with Crippen LogP contribution in [0.15, 0.2) is 42.5 Å². The van der Waals surface area contributed by atoms with Gasteiger partial charge in [0, 0.05) is 12.7 Å². The average Bonchev–Trinajstić information content (AvgIpc) is 2.63. The van der Waals surface area contributed by atoms with Gasteiger partial charge in [-0.2, -0.15) is 0 Å². The fourth-order valence-electron chi connectivity index (χ4n) is 2.44. The fourth-order valence-corrected chi connectivity index (χ4v) is 2.44. The molecule has 0 saturated carbocycles. The molecule has 0 unspecified atom stereocenters. The Morgan fingerprint density at radius 3 is 2.42 bits per heavy atom. The Morgan fingerprint density at radius 1 is 1.08 bits per heavy atom. The predicted molar refractivity (Wildman–Crippen MR) is 103 cm³/mol. The van der Waals surface area contributed by atoms with Crippen LogP contribution < -0.4 is 10.1 Å². The molecule has 1 N–H and O–H groups in total. The van der Waals surface area contributed by atoms with Crippen molar-refractivity contribution < 1.29 is 14.3 Å². The van der Waals surface area contributed by atoms with Crippen LogP contribution in [0.4, 0.5) is 5.69 Å². The first-order chi connectivity index (χ1) is 12.4. The van der Waals surface area contributed by atoms with E-state index in [2.05, 4.69) is 12.2 Å². The number of nitrogens with one attached hydrogen (secondary N) is 1. The number of aryl methyl sites for hydroxylation is 3. The molecule has 26 heavy (non-hydrogen) atoms. The molecule has 0 aliphatic carbocycles. The van der Waals surface area contributed by atoms with Gasteiger partial charge in [-0.25, -0.2) is 0 Å². The second-order valence-electron chi connectivity index (χ2n) is 6.40. The van der Waals surface area contributed by atoms with Gasteiger partial charge in [0.05, 0.1) is 6.54 Å². The molecular weight excluding hydrogens is 328 g/mol. The summed E-state index contributed by atoms with van der Waals surface area (Å²) in [5.41, 5.74) is 4.03. The summed E-state index contributed by atoms with van der Waals surface area (Å²) in [6.45, 7) is 5.86. The van der Waals surface area contributed by atoms with Crippen LogP contribution >= 0.6 is 0 Å². The minimum atomic E-state index is -0.249. The normalized spacial score (nSPS) is 10.3. The van der Waals surface area contributed by atoms with E-state index in [1.54, 1.807) is 7.05 Å². The van der Waals surface area contributed by atoms with Crippen molar-refractivity contribution in [3.8, 4) is 5.75 Å². The van der Waals surface area contributed by atoms with Crippen molar-refractivity contribution in [3.05, 3.63) is 59.2 Å². The van der Waals surface area contributed by atoms with Gasteiger partial charge in [-0.3, -0.25) is 9.59 Å². The Bertz CT molecular complexity index is 769. The smallest absolute Gasteiger partial charge is 0.260 e. The van der Waals surface area contributed by atoms with Gasteiger partial charge in [0.2, 0.25) is 5.91 Å². The van der Waals surface area contributed by atoms with Crippen molar-refractivity contribution in [1.82, 2.24) is 4.90 Å². The maximum atomic E-state index is 12.2. The van der Waals surface area contributed by atoms with Crippen molar-refractivity contribution in [2.75, 3.05) is 25.5 Å². The van der Waals surface area contributed by atoms with Crippen LogP contribution in [0.25, 0.3) is 0 Å². The minimum absolute atomic E-state index is 0.0235. The molecule has 0 aromatic heterocycles. The molecule has 2 amide bonds. The number of likely N-dealkylation sites (N-methyl/N-ethyl adjacent to an activating group) is 1.